The van der Waals surface area contributed by atoms with E-state index in [1.54, 1.807) is 7.11 Å². The zero-order chi connectivity index (χ0) is 21.3. The summed E-state index contributed by atoms with van der Waals surface area (Å²) in [4.78, 5) is 25.1. The van der Waals surface area contributed by atoms with E-state index < -0.39 is 0 Å². The van der Waals surface area contributed by atoms with Crippen LogP contribution < -0.4 is 4.74 Å². The summed E-state index contributed by atoms with van der Waals surface area (Å²) in [7, 11) is 3.65. The van der Waals surface area contributed by atoms with Crippen LogP contribution in [0.1, 0.15) is 30.6 Å². The standard InChI is InChI=1S/C25H27N3O3/c1-14-22-20(27(2)31-14)13-21-24-19(10-11-28(21)25(22)29)18-9-5-8-17(23(18)26-24)15-6-4-7-16(12-15)30-3/h4-9,12,14,20-22,26H,10-11,13H2,1-3H3/t14-,20-,21-,22-/m0/s1. The Morgan fingerprint density at radius 3 is 2.87 bits per heavy atom. The molecular formula is C25H27N3O3. The Morgan fingerprint density at radius 2 is 2.03 bits per heavy atom. The number of fused-ring (bicyclic) bond motifs is 6. The van der Waals surface area contributed by atoms with E-state index in [-0.39, 0.29) is 30.0 Å². The second kappa shape index (κ2) is 6.84. The minimum atomic E-state index is -0.0699. The number of aromatic amines is 1. The molecule has 6 heteroatoms. The zero-order valence-corrected chi connectivity index (χ0v) is 18.1. The molecule has 6 nitrogen and oxygen atoms in total. The maximum absolute atomic E-state index is 13.4. The summed E-state index contributed by atoms with van der Waals surface area (Å²) in [6.07, 6.45) is 1.71. The lowest BCUT2D eigenvalue weighted by atomic mass is 9.80. The summed E-state index contributed by atoms with van der Waals surface area (Å²) in [5.74, 6) is 1.01. The topological polar surface area (TPSA) is 57.8 Å². The van der Waals surface area contributed by atoms with E-state index in [0.29, 0.717) is 0 Å². The molecule has 0 saturated carbocycles. The van der Waals surface area contributed by atoms with E-state index in [9.17, 15) is 4.79 Å². The van der Waals surface area contributed by atoms with Crippen molar-refractivity contribution in [3.05, 3.63) is 53.7 Å². The number of ether oxygens (including phenoxy) is 1. The van der Waals surface area contributed by atoms with Crippen molar-refractivity contribution in [1.82, 2.24) is 14.9 Å². The summed E-state index contributed by atoms with van der Waals surface area (Å²) in [5.41, 5.74) is 5.96. The highest BCUT2D eigenvalue weighted by Gasteiger charge is 2.53. The summed E-state index contributed by atoms with van der Waals surface area (Å²) < 4.78 is 5.44. The quantitative estimate of drug-likeness (QED) is 0.687. The van der Waals surface area contributed by atoms with E-state index in [1.807, 2.05) is 31.2 Å². The number of carbonyl (C=O) groups is 1. The van der Waals surface area contributed by atoms with Gasteiger partial charge in [0, 0.05) is 30.2 Å². The van der Waals surface area contributed by atoms with E-state index in [0.717, 1.165) is 41.8 Å². The summed E-state index contributed by atoms with van der Waals surface area (Å²) in [6, 6.07) is 14.8. The average Bonchev–Trinajstić information content (AvgIpc) is 3.31. The van der Waals surface area contributed by atoms with Crippen LogP contribution in [-0.2, 0) is 16.1 Å². The van der Waals surface area contributed by atoms with Gasteiger partial charge in [-0.2, -0.15) is 5.06 Å². The van der Waals surface area contributed by atoms with Crippen molar-refractivity contribution in [2.45, 2.75) is 38.0 Å². The van der Waals surface area contributed by atoms with Gasteiger partial charge in [-0.25, -0.2) is 0 Å². The van der Waals surface area contributed by atoms with Crippen molar-refractivity contribution in [2.24, 2.45) is 5.92 Å². The molecule has 4 heterocycles. The van der Waals surface area contributed by atoms with Crippen LogP contribution in [0.3, 0.4) is 0 Å². The maximum Gasteiger partial charge on any atom is 0.230 e. The summed E-state index contributed by atoms with van der Waals surface area (Å²) >= 11 is 0. The second-order valence-electron chi connectivity index (χ2n) is 8.96. The molecule has 31 heavy (non-hydrogen) atoms. The molecule has 1 aromatic heterocycles. The first-order chi connectivity index (χ1) is 15.1. The molecule has 0 aliphatic carbocycles. The molecular weight excluding hydrogens is 390 g/mol. The van der Waals surface area contributed by atoms with Crippen molar-refractivity contribution >= 4 is 16.8 Å². The molecule has 3 aromatic rings. The number of methoxy groups -OCH3 is 1. The minimum Gasteiger partial charge on any atom is -0.497 e. The van der Waals surface area contributed by atoms with Crippen LogP contribution >= 0.6 is 0 Å². The van der Waals surface area contributed by atoms with Crippen molar-refractivity contribution in [2.75, 3.05) is 20.7 Å². The van der Waals surface area contributed by atoms with Crippen molar-refractivity contribution in [1.29, 1.82) is 0 Å². The Kier molecular flexibility index (Phi) is 4.17. The van der Waals surface area contributed by atoms with Crippen molar-refractivity contribution in [3.63, 3.8) is 0 Å². The number of hydrogen-bond acceptors (Lipinski definition) is 4. The molecule has 2 aromatic carbocycles. The van der Waals surface area contributed by atoms with Gasteiger partial charge < -0.3 is 14.6 Å². The Morgan fingerprint density at radius 1 is 1.19 bits per heavy atom. The SMILES string of the molecule is COc1cccc(-c2cccc3c4c([nH]c23)[C@@H]2C[C@H]3[C@@H](C(=O)N2CC4)[C@H](C)ON3C)c1. The lowest BCUT2D eigenvalue weighted by Gasteiger charge is -2.44. The molecule has 1 N–H and O–H groups in total. The molecule has 3 aliphatic rings. The highest BCUT2D eigenvalue weighted by molar-refractivity contribution is 5.97. The number of nitrogens with one attached hydrogen (secondary N) is 1. The number of H-pyrrole nitrogens is 1. The number of aromatic nitrogens is 1. The largest absolute Gasteiger partial charge is 0.497 e. The van der Waals surface area contributed by atoms with Gasteiger partial charge in [0.15, 0.2) is 0 Å². The fourth-order valence-electron chi connectivity index (χ4n) is 5.96. The smallest absolute Gasteiger partial charge is 0.230 e. The minimum absolute atomic E-state index is 0.0628. The van der Waals surface area contributed by atoms with Gasteiger partial charge in [-0.15, -0.1) is 0 Å². The van der Waals surface area contributed by atoms with E-state index in [1.165, 1.54) is 16.6 Å². The van der Waals surface area contributed by atoms with Crippen LogP contribution in [0.4, 0.5) is 0 Å². The monoisotopic (exact) mass is 417 g/mol. The highest BCUT2D eigenvalue weighted by atomic mass is 16.7. The first-order valence-electron chi connectivity index (χ1n) is 11.0. The third kappa shape index (κ3) is 2.68. The zero-order valence-electron chi connectivity index (χ0n) is 18.1. The number of rotatable bonds is 2. The van der Waals surface area contributed by atoms with Gasteiger partial charge in [0.25, 0.3) is 0 Å². The number of amides is 1. The van der Waals surface area contributed by atoms with Gasteiger partial charge >= 0.3 is 0 Å². The normalized spacial score (nSPS) is 27.8. The van der Waals surface area contributed by atoms with E-state index in [2.05, 4.69) is 40.2 Å². The van der Waals surface area contributed by atoms with Crippen molar-refractivity contribution in [3.8, 4) is 16.9 Å². The Balaban J connectivity index is 1.47. The third-order valence-corrected chi connectivity index (χ3v) is 7.42. The number of piperidine rings is 1. The Labute approximate surface area is 181 Å². The Hall–Kier alpha value is -2.83. The fraction of sp³-hybridized carbons (Fsp3) is 0.400. The fourth-order valence-corrected chi connectivity index (χ4v) is 5.96. The molecule has 2 fully saturated rings. The number of para-hydroxylation sites is 1. The molecule has 2 saturated heterocycles. The molecule has 6 rings (SSSR count). The number of benzene rings is 2. The van der Waals surface area contributed by atoms with Crippen molar-refractivity contribution < 1.29 is 14.4 Å². The lowest BCUT2D eigenvalue weighted by molar-refractivity contribution is -0.146. The van der Waals surface area contributed by atoms with Gasteiger partial charge in [-0.1, -0.05) is 30.3 Å². The number of nitrogens with zero attached hydrogens (tertiary/aromatic N) is 2. The van der Waals surface area contributed by atoms with Crippen LogP contribution in [0.15, 0.2) is 42.5 Å². The van der Waals surface area contributed by atoms with Gasteiger partial charge in [-0.05, 0) is 43.0 Å². The maximum atomic E-state index is 13.4. The molecule has 0 bridgehead atoms. The molecule has 4 atom stereocenters. The lowest BCUT2D eigenvalue weighted by Crippen LogP contribution is -2.54. The highest BCUT2D eigenvalue weighted by Crippen LogP contribution is 2.46. The first kappa shape index (κ1) is 18.9. The molecule has 1 amide bonds. The average molecular weight is 418 g/mol. The van der Waals surface area contributed by atoms with Crippen LogP contribution in [0.2, 0.25) is 0 Å². The van der Waals surface area contributed by atoms with E-state index in [4.69, 9.17) is 9.57 Å². The van der Waals surface area contributed by atoms with Gasteiger partial charge in [0.2, 0.25) is 5.91 Å². The Bertz CT molecular complexity index is 1190. The number of carbonyl (C=O) groups excluding carboxylic acids is 1. The molecule has 0 spiro atoms. The van der Waals surface area contributed by atoms with Crippen LogP contribution in [-0.4, -0.2) is 53.7 Å². The summed E-state index contributed by atoms with van der Waals surface area (Å²) in [6.45, 7) is 2.78. The molecule has 0 unspecified atom stereocenters. The first-order valence-corrected chi connectivity index (χ1v) is 11.0. The van der Waals surface area contributed by atoms with Gasteiger partial charge in [-0.3, -0.25) is 9.63 Å². The molecule has 0 radical (unpaired) electrons. The summed E-state index contributed by atoms with van der Waals surface area (Å²) in [5, 5.41) is 3.16. The molecule has 3 aliphatic heterocycles. The molecule has 160 valence electrons. The van der Waals surface area contributed by atoms with Crippen LogP contribution in [0.25, 0.3) is 22.0 Å². The van der Waals surface area contributed by atoms with Crippen LogP contribution in [0.5, 0.6) is 5.75 Å². The van der Waals surface area contributed by atoms with Gasteiger partial charge in [0.05, 0.1) is 36.7 Å². The predicted molar refractivity (Wildman–Crippen MR) is 119 cm³/mol. The number of hydroxylamine groups is 2. The second-order valence-corrected chi connectivity index (χ2v) is 8.96. The van der Waals surface area contributed by atoms with E-state index >= 15 is 0 Å². The predicted octanol–water partition coefficient (Wildman–Crippen LogP) is 3.92. The van der Waals surface area contributed by atoms with Crippen LogP contribution in [0, 0.1) is 5.92 Å². The number of hydrogen-bond donors (Lipinski definition) is 1. The van der Waals surface area contributed by atoms with Gasteiger partial charge in [0.1, 0.15) is 5.75 Å². The third-order valence-electron chi connectivity index (χ3n) is 7.42.